The van der Waals surface area contributed by atoms with Crippen LogP contribution in [0.3, 0.4) is 0 Å². The molecule has 20 heavy (non-hydrogen) atoms. The molecular weight excluding hydrogens is 258 g/mol. The van der Waals surface area contributed by atoms with Crippen LogP contribution in [0.1, 0.15) is 30.1 Å². The van der Waals surface area contributed by atoms with Crippen LogP contribution in [0.5, 0.6) is 0 Å². The topological polar surface area (TPSA) is 70.8 Å². The quantitative estimate of drug-likeness (QED) is 0.929. The zero-order chi connectivity index (χ0) is 14.3. The summed E-state index contributed by atoms with van der Waals surface area (Å²) in [5.74, 6) is -1.26. The Morgan fingerprint density at radius 3 is 2.70 bits per heavy atom. The van der Waals surface area contributed by atoms with Gasteiger partial charge in [-0.3, -0.25) is 4.79 Å². The average molecular weight is 273 g/mol. The predicted molar refractivity (Wildman–Crippen MR) is 72.5 cm³/mol. The van der Waals surface area contributed by atoms with E-state index < -0.39 is 12.0 Å². The molecule has 1 saturated carbocycles. The van der Waals surface area contributed by atoms with Crippen LogP contribution in [0.25, 0.3) is 11.0 Å². The van der Waals surface area contributed by atoms with Crippen molar-refractivity contribution in [1.29, 1.82) is 0 Å². The first-order valence-electron chi connectivity index (χ1n) is 6.61. The van der Waals surface area contributed by atoms with Gasteiger partial charge in [0.25, 0.3) is 5.91 Å². The number of fused-ring (bicyclic) bond motifs is 1. The summed E-state index contributed by atoms with van der Waals surface area (Å²) < 4.78 is 5.37. The normalized spacial score (nSPS) is 16.1. The van der Waals surface area contributed by atoms with Gasteiger partial charge in [-0.1, -0.05) is 18.2 Å². The Hall–Kier alpha value is -2.30. The summed E-state index contributed by atoms with van der Waals surface area (Å²) in [6, 6.07) is 6.46. The summed E-state index contributed by atoms with van der Waals surface area (Å²) in [5, 5.41) is 9.89. The zero-order valence-electron chi connectivity index (χ0n) is 11.1. The number of hydrogen-bond acceptors (Lipinski definition) is 3. The van der Waals surface area contributed by atoms with Gasteiger partial charge in [-0.2, -0.15) is 0 Å². The van der Waals surface area contributed by atoms with Gasteiger partial charge in [0.05, 0.1) is 5.56 Å². The van der Waals surface area contributed by atoms with E-state index in [0.717, 1.165) is 18.2 Å². The molecule has 0 aliphatic heterocycles. The van der Waals surface area contributed by atoms with Gasteiger partial charge in [0.2, 0.25) is 0 Å². The second-order valence-corrected chi connectivity index (χ2v) is 5.10. The van der Waals surface area contributed by atoms with Crippen molar-refractivity contribution in [3.63, 3.8) is 0 Å². The highest BCUT2D eigenvalue weighted by atomic mass is 16.4. The summed E-state index contributed by atoms with van der Waals surface area (Å²) in [6.07, 6.45) is 3.13. The van der Waals surface area contributed by atoms with Gasteiger partial charge in [0.15, 0.2) is 0 Å². The van der Waals surface area contributed by atoms with Crippen LogP contribution in [-0.2, 0) is 4.79 Å². The highest BCUT2D eigenvalue weighted by Crippen LogP contribution is 2.32. The Bertz CT molecular complexity index is 671. The summed E-state index contributed by atoms with van der Waals surface area (Å²) in [5.41, 5.74) is 1.06. The van der Waals surface area contributed by atoms with Crippen molar-refractivity contribution in [2.45, 2.75) is 31.8 Å². The van der Waals surface area contributed by atoms with Crippen LogP contribution in [0.4, 0.5) is 0 Å². The summed E-state index contributed by atoms with van der Waals surface area (Å²) in [7, 11) is 0. The van der Waals surface area contributed by atoms with Crippen molar-refractivity contribution >= 4 is 22.8 Å². The third-order valence-corrected chi connectivity index (χ3v) is 3.66. The van der Waals surface area contributed by atoms with E-state index in [2.05, 4.69) is 0 Å². The van der Waals surface area contributed by atoms with E-state index in [9.17, 15) is 14.7 Å². The molecule has 1 aromatic carbocycles. The van der Waals surface area contributed by atoms with Crippen molar-refractivity contribution in [2.24, 2.45) is 0 Å². The Morgan fingerprint density at radius 1 is 1.35 bits per heavy atom. The van der Waals surface area contributed by atoms with Gasteiger partial charge in [-0.15, -0.1) is 0 Å². The molecule has 5 heteroatoms. The number of furan rings is 1. The highest BCUT2D eigenvalue weighted by molar-refractivity contribution is 6.07. The largest absolute Gasteiger partial charge is 0.480 e. The zero-order valence-corrected chi connectivity index (χ0v) is 11.1. The first-order chi connectivity index (χ1) is 9.59. The number of benzene rings is 1. The van der Waals surface area contributed by atoms with Crippen LogP contribution in [0.15, 0.2) is 34.9 Å². The summed E-state index contributed by atoms with van der Waals surface area (Å²) in [6.45, 7) is 1.54. The van der Waals surface area contributed by atoms with Crippen molar-refractivity contribution in [3.05, 3.63) is 36.1 Å². The van der Waals surface area contributed by atoms with Crippen molar-refractivity contribution < 1.29 is 19.1 Å². The van der Waals surface area contributed by atoms with Gasteiger partial charge < -0.3 is 14.4 Å². The Kier molecular flexibility index (Phi) is 2.97. The van der Waals surface area contributed by atoms with E-state index >= 15 is 0 Å². The van der Waals surface area contributed by atoms with E-state index in [0.29, 0.717) is 11.1 Å². The van der Waals surface area contributed by atoms with Crippen LogP contribution in [0.2, 0.25) is 0 Å². The number of hydrogen-bond donors (Lipinski definition) is 1. The first-order valence-corrected chi connectivity index (χ1v) is 6.61. The Labute approximate surface area is 115 Å². The molecule has 1 N–H and O–H groups in total. The van der Waals surface area contributed by atoms with E-state index in [1.54, 1.807) is 13.0 Å². The number of aliphatic carboxylic acids is 1. The first kappa shape index (κ1) is 12.7. The second kappa shape index (κ2) is 4.67. The fraction of sp³-hybridized carbons (Fsp3) is 0.333. The van der Waals surface area contributed by atoms with Gasteiger partial charge in [-0.05, 0) is 25.8 Å². The molecule has 1 aromatic heterocycles. The number of carboxylic acids is 1. The summed E-state index contributed by atoms with van der Waals surface area (Å²) >= 11 is 0. The third kappa shape index (κ3) is 2.05. The molecule has 104 valence electrons. The molecule has 0 spiro atoms. The molecule has 1 amide bonds. The number of carboxylic acid groups (broad SMARTS) is 1. The molecule has 1 heterocycles. The predicted octanol–water partition coefficient (Wildman–Crippen LogP) is 2.51. The number of nitrogens with zero attached hydrogens (tertiary/aromatic N) is 1. The lowest BCUT2D eigenvalue weighted by atomic mass is 10.1. The smallest absolute Gasteiger partial charge is 0.326 e. The number of amides is 1. The van der Waals surface area contributed by atoms with E-state index in [-0.39, 0.29) is 11.9 Å². The lowest BCUT2D eigenvalue weighted by Crippen LogP contribution is -2.44. The molecule has 2 aromatic rings. The molecule has 0 bridgehead atoms. The van der Waals surface area contributed by atoms with Crippen LogP contribution >= 0.6 is 0 Å². The molecule has 1 unspecified atom stereocenters. The van der Waals surface area contributed by atoms with Gasteiger partial charge in [-0.25, -0.2) is 4.79 Å². The maximum absolute atomic E-state index is 12.6. The molecule has 3 rings (SSSR count). The maximum atomic E-state index is 12.6. The average Bonchev–Trinajstić information content (AvgIpc) is 3.17. The van der Waals surface area contributed by atoms with Crippen molar-refractivity contribution in [2.75, 3.05) is 0 Å². The highest BCUT2D eigenvalue weighted by Gasteiger charge is 2.39. The molecule has 0 radical (unpaired) electrons. The number of para-hydroxylation sites is 1. The maximum Gasteiger partial charge on any atom is 0.326 e. The fourth-order valence-electron chi connectivity index (χ4n) is 2.41. The fourth-order valence-corrected chi connectivity index (χ4v) is 2.41. The minimum atomic E-state index is -0.988. The van der Waals surface area contributed by atoms with Gasteiger partial charge in [0, 0.05) is 11.4 Å². The van der Waals surface area contributed by atoms with Crippen LogP contribution in [-0.4, -0.2) is 34.0 Å². The summed E-state index contributed by atoms with van der Waals surface area (Å²) in [4.78, 5) is 25.3. The van der Waals surface area contributed by atoms with Gasteiger partial charge >= 0.3 is 5.97 Å². The minimum Gasteiger partial charge on any atom is -0.480 e. The standard InChI is InChI=1S/C15H15NO4/c1-9(15(18)19)16(10-6-7-10)14(17)12-8-20-13-5-3-2-4-11(12)13/h2-5,8-10H,6-7H2,1H3,(H,18,19). The number of rotatable bonds is 4. The van der Waals surface area contributed by atoms with Crippen LogP contribution in [0, 0.1) is 0 Å². The number of carbonyl (C=O) groups is 2. The van der Waals surface area contributed by atoms with Gasteiger partial charge in [0.1, 0.15) is 17.9 Å². The van der Waals surface area contributed by atoms with Crippen LogP contribution < -0.4 is 0 Å². The second-order valence-electron chi connectivity index (χ2n) is 5.10. The molecule has 1 fully saturated rings. The Morgan fingerprint density at radius 2 is 2.05 bits per heavy atom. The lowest BCUT2D eigenvalue weighted by Gasteiger charge is -2.26. The van der Waals surface area contributed by atoms with Crippen molar-refractivity contribution in [1.82, 2.24) is 4.90 Å². The lowest BCUT2D eigenvalue weighted by molar-refractivity contribution is -0.141. The molecule has 0 saturated heterocycles. The van der Waals surface area contributed by atoms with E-state index in [4.69, 9.17) is 4.42 Å². The molecule has 1 aliphatic rings. The SMILES string of the molecule is CC(C(=O)O)N(C(=O)c1coc2ccccc12)C1CC1. The monoisotopic (exact) mass is 273 g/mol. The number of carbonyl (C=O) groups excluding carboxylic acids is 1. The van der Waals surface area contributed by atoms with E-state index in [1.165, 1.54) is 11.2 Å². The molecule has 1 atom stereocenters. The molecule has 5 nitrogen and oxygen atoms in total. The molecular formula is C15H15NO4. The third-order valence-electron chi connectivity index (χ3n) is 3.66. The molecule has 1 aliphatic carbocycles. The van der Waals surface area contributed by atoms with Crippen molar-refractivity contribution in [3.8, 4) is 0 Å². The Balaban J connectivity index is 1.99. The van der Waals surface area contributed by atoms with E-state index in [1.807, 2.05) is 18.2 Å². The minimum absolute atomic E-state index is 0.0299.